The molecular weight excluding hydrogens is 248 g/mol. The number of esters is 1. The summed E-state index contributed by atoms with van der Waals surface area (Å²) >= 11 is 0. The maximum atomic E-state index is 12.0. The predicted molar refractivity (Wildman–Crippen MR) is 67.1 cm³/mol. The van der Waals surface area contributed by atoms with Crippen LogP contribution in [0.1, 0.15) is 32.6 Å². The Labute approximate surface area is 112 Å². The molecule has 0 saturated carbocycles. The van der Waals surface area contributed by atoms with Crippen LogP contribution in [0.5, 0.6) is 0 Å². The third-order valence-corrected chi connectivity index (χ3v) is 3.84. The van der Waals surface area contributed by atoms with Crippen LogP contribution in [0.4, 0.5) is 0 Å². The second-order valence-electron chi connectivity index (χ2n) is 5.32. The van der Waals surface area contributed by atoms with Crippen LogP contribution in [0.25, 0.3) is 0 Å². The molecule has 2 rings (SSSR count). The number of carbonyl (C=O) groups is 3. The molecule has 6 nitrogen and oxygen atoms in total. The van der Waals surface area contributed by atoms with Crippen molar-refractivity contribution in [2.24, 2.45) is 5.41 Å². The van der Waals surface area contributed by atoms with E-state index in [-0.39, 0.29) is 36.0 Å². The molecule has 2 saturated heterocycles. The normalized spacial score (nSPS) is 25.7. The zero-order chi connectivity index (χ0) is 13.9. The van der Waals surface area contributed by atoms with Gasteiger partial charge < -0.3 is 15.0 Å². The number of nitrogens with one attached hydrogen (secondary N) is 1. The van der Waals surface area contributed by atoms with E-state index in [0.29, 0.717) is 32.7 Å². The molecule has 0 aromatic carbocycles. The molecule has 1 spiro atoms. The van der Waals surface area contributed by atoms with Crippen LogP contribution in [0.15, 0.2) is 0 Å². The summed E-state index contributed by atoms with van der Waals surface area (Å²) in [6.45, 7) is 4.04. The van der Waals surface area contributed by atoms with Crippen LogP contribution in [0, 0.1) is 5.41 Å². The van der Waals surface area contributed by atoms with E-state index in [9.17, 15) is 14.4 Å². The van der Waals surface area contributed by atoms with Gasteiger partial charge in [0.2, 0.25) is 11.8 Å². The predicted octanol–water partition coefficient (Wildman–Crippen LogP) is 0.0683. The van der Waals surface area contributed by atoms with E-state index in [1.807, 2.05) is 0 Å². The number of rotatable bonds is 4. The van der Waals surface area contributed by atoms with Crippen LogP contribution < -0.4 is 5.32 Å². The molecule has 106 valence electrons. The SMILES string of the molecule is CCOC(=O)CCC(=O)N1CCC2(CNC(=O)C2)C1. The van der Waals surface area contributed by atoms with Crippen molar-refractivity contribution in [1.82, 2.24) is 10.2 Å². The highest BCUT2D eigenvalue weighted by molar-refractivity contribution is 5.82. The Bertz CT molecular complexity index is 396. The van der Waals surface area contributed by atoms with Crippen LogP contribution >= 0.6 is 0 Å². The van der Waals surface area contributed by atoms with Gasteiger partial charge in [0.1, 0.15) is 0 Å². The fourth-order valence-corrected chi connectivity index (χ4v) is 2.79. The summed E-state index contributed by atoms with van der Waals surface area (Å²) in [5.74, 6) is -0.285. The molecule has 0 radical (unpaired) electrons. The molecule has 0 aromatic heterocycles. The third kappa shape index (κ3) is 3.24. The zero-order valence-corrected chi connectivity index (χ0v) is 11.2. The Morgan fingerprint density at radius 1 is 1.42 bits per heavy atom. The van der Waals surface area contributed by atoms with Crippen molar-refractivity contribution in [3.8, 4) is 0 Å². The van der Waals surface area contributed by atoms with Gasteiger partial charge in [0, 0.05) is 37.9 Å². The number of carbonyl (C=O) groups excluding carboxylic acids is 3. The van der Waals surface area contributed by atoms with Gasteiger partial charge in [-0.1, -0.05) is 0 Å². The number of nitrogens with zero attached hydrogens (tertiary/aromatic N) is 1. The smallest absolute Gasteiger partial charge is 0.306 e. The van der Waals surface area contributed by atoms with Gasteiger partial charge in [-0.3, -0.25) is 14.4 Å². The molecule has 2 fully saturated rings. The first-order chi connectivity index (χ1) is 9.04. The van der Waals surface area contributed by atoms with Crippen LogP contribution in [-0.2, 0) is 19.1 Å². The van der Waals surface area contributed by atoms with Crippen molar-refractivity contribution >= 4 is 17.8 Å². The van der Waals surface area contributed by atoms with Gasteiger partial charge in [-0.2, -0.15) is 0 Å². The van der Waals surface area contributed by atoms with Crippen molar-refractivity contribution in [2.75, 3.05) is 26.2 Å². The van der Waals surface area contributed by atoms with E-state index in [1.165, 1.54) is 0 Å². The van der Waals surface area contributed by atoms with Gasteiger partial charge in [-0.05, 0) is 13.3 Å². The Hall–Kier alpha value is -1.59. The minimum Gasteiger partial charge on any atom is -0.466 e. The Kier molecular flexibility index (Phi) is 4.07. The Balaban J connectivity index is 1.79. The Morgan fingerprint density at radius 2 is 2.21 bits per heavy atom. The van der Waals surface area contributed by atoms with E-state index in [2.05, 4.69) is 5.32 Å². The highest BCUT2D eigenvalue weighted by atomic mass is 16.5. The summed E-state index contributed by atoms with van der Waals surface area (Å²) in [6.07, 6.45) is 1.69. The van der Waals surface area contributed by atoms with E-state index < -0.39 is 0 Å². The molecule has 2 heterocycles. The summed E-state index contributed by atoms with van der Waals surface area (Å²) in [6, 6.07) is 0. The van der Waals surface area contributed by atoms with Crippen LogP contribution in [0.2, 0.25) is 0 Å². The molecule has 0 bridgehead atoms. The minimum absolute atomic E-state index is 0.0238. The maximum absolute atomic E-state index is 12.0. The highest BCUT2D eigenvalue weighted by Gasteiger charge is 2.44. The lowest BCUT2D eigenvalue weighted by atomic mass is 9.86. The van der Waals surface area contributed by atoms with Crippen molar-refractivity contribution in [1.29, 1.82) is 0 Å². The molecule has 0 aromatic rings. The third-order valence-electron chi connectivity index (χ3n) is 3.84. The van der Waals surface area contributed by atoms with Gasteiger partial charge in [-0.15, -0.1) is 0 Å². The van der Waals surface area contributed by atoms with Gasteiger partial charge in [0.15, 0.2) is 0 Å². The molecule has 2 amide bonds. The number of hydrogen-bond donors (Lipinski definition) is 1. The topological polar surface area (TPSA) is 75.7 Å². The summed E-state index contributed by atoms with van der Waals surface area (Å²) in [5.41, 5.74) is -0.0727. The average molecular weight is 268 g/mol. The molecular formula is C13H20N2O4. The van der Waals surface area contributed by atoms with E-state index in [0.717, 1.165) is 6.42 Å². The van der Waals surface area contributed by atoms with E-state index in [1.54, 1.807) is 11.8 Å². The monoisotopic (exact) mass is 268 g/mol. The van der Waals surface area contributed by atoms with E-state index in [4.69, 9.17) is 4.74 Å². The summed E-state index contributed by atoms with van der Waals surface area (Å²) in [4.78, 5) is 36.3. The fourth-order valence-electron chi connectivity index (χ4n) is 2.79. The molecule has 19 heavy (non-hydrogen) atoms. The van der Waals surface area contributed by atoms with Crippen LogP contribution in [0.3, 0.4) is 0 Å². The molecule has 2 aliphatic rings. The standard InChI is InChI=1S/C13H20N2O4/c1-2-19-12(18)4-3-11(17)15-6-5-13(9-15)7-10(16)14-8-13/h2-9H2,1H3,(H,14,16). The van der Waals surface area contributed by atoms with Crippen LogP contribution in [-0.4, -0.2) is 48.9 Å². The minimum atomic E-state index is -0.331. The Morgan fingerprint density at radius 3 is 2.84 bits per heavy atom. The summed E-state index contributed by atoms with van der Waals surface area (Å²) in [5, 5.41) is 2.83. The lowest BCUT2D eigenvalue weighted by molar-refractivity contribution is -0.145. The second-order valence-corrected chi connectivity index (χ2v) is 5.32. The van der Waals surface area contributed by atoms with Crippen molar-refractivity contribution in [3.05, 3.63) is 0 Å². The fraction of sp³-hybridized carbons (Fsp3) is 0.769. The van der Waals surface area contributed by atoms with Gasteiger partial charge in [-0.25, -0.2) is 0 Å². The van der Waals surface area contributed by atoms with Gasteiger partial charge in [0.25, 0.3) is 0 Å². The molecule has 6 heteroatoms. The first-order valence-corrected chi connectivity index (χ1v) is 6.75. The quantitative estimate of drug-likeness (QED) is 0.732. The summed E-state index contributed by atoms with van der Waals surface area (Å²) < 4.78 is 4.80. The van der Waals surface area contributed by atoms with Gasteiger partial charge in [0.05, 0.1) is 13.0 Å². The molecule has 1 unspecified atom stereocenters. The number of likely N-dealkylation sites (tertiary alicyclic amines) is 1. The number of amides is 2. The lowest BCUT2D eigenvalue weighted by Crippen LogP contribution is -2.33. The lowest BCUT2D eigenvalue weighted by Gasteiger charge is -2.21. The number of hydrogen-bond acceptors (Lipinski definition) is 4. The zero-order valence-electron chi connectivity index (χ0n) is 11.2. The molecule has 2 aliphatic heterocycles. The maximum Gasteiger partial charge on any atom is 0.306 e. The summed E-state index contributed by atoms with van der Waals surface area (Å²) in [7, 11) is 0. The van der Waals surface area contributed by atoms with Gasteiger partial charge >= 0.3 is 5.97 Å². The van der Waals surface area contributed by atoms with Crippen molar-refractivity contribution < 1.29 is 19.1 Å². The van der Waals surface area contributed by atoms with E-state index >= 15 is 0 Å². The van der Waals surface area contributed by atoms with Crippen molar-refractivity contribution in [3.63, 3.8) is 0 Å². The first kappa shape index (κ1) is 13.8. The van der Waals surface area contributed by atoms with Crippen molar-refractivity contribution in [2.45, 2.75) is 32.6 Å². The highest BCUT2D eigenvalue weighted by Crippen LogP contribution is 2.36. The second kappa shape index (κ2) is 5.59. The molecule has 1 atom stereocenters. The molecule has 1 N–H and O–H groups in total. The average Bonchev–Trinajstić information content (AvgIpc) is 2.94. The number of ether oxygens (including phenoxy) is 1. The molecule has 0 aliphatic carbocycles. The largest absolute Gasteiger partial charge is 0.466 e. The first-order valence-electron chi connectivity index (χ1n) is 6.75.